The van der Waals surface area contributed by atoms with Crippen LogP contribution in [-0.2, 0) is 9.59 Å². The highest BCUT2D eigenvalue weighted by molar-refractivity contribution is 6.00. The van der Waals surface area contributed by atoms with Crippen molar-refractivity contribution in [2.24, 2.45) is 23.7 Å². The normalized spacial score (nSPS) is 36.7. The molecule has 40 heavy (non-hydrogen) atoms. The first-order chi connectivity index (χ1) is 19.7. The van der Waals surface area contributed by atoms with Crippen LogP contribution in [0.3, 0.4) is 0 Å². The van der Waals surface area contributed by atoms with E-state index in [1.54, 1.807) is 0 Å². The zero-order chi connectivity index (χ0) is 27.1. The van der Waals surface area contributed by atoms with E-state index in [1.165, 1.54) is 128 Å². The van der Waals surface area contributed by atoms with Gasteiger partial charge in [0.15, 0.2) is 11.6 Å². The summed E-state index contributed by atoms with van der Waals surface area (Å²) < 4.78 is 0. The molecule has 0 N–H and O–H groups in total. The van der Waals surface area contributed by atoms with E-state index in [0.29, 0.717) is 35.2 Å². The van der Waals surface area contributed by atoms with Gasteiger partial charge in [-0.05, 0) is 75.0 Å². The lowest BCUT2D eigenvalue weighted by Gasteiger charge is -2.68. The maximum atomic E-state index is 14.8. The van der Waals surface area contributed by atoms with E-state index in [0.717, 1.165) is 26.2 Å². The topological polar surface area (TPSA) is 47.1 Å². The van der Waals surface area contributed by atoms with Gasteiger partial charge in [0.05, 0.1) is 0 Å². The molecule has 8 rings (SSSR count). The summed E-state index contributed by atoms with van der Waals surface area (Å²) in [6.45, 7) is 3.77. The van der Waals surface area contributed by atoms with Gasteiger partial charge in [-0.15, -0.1) is 0 Å². The Morgan fingerprint density at radius 2 is 0.550 bits per heavy atom. The van der Waals surface area contributed by atoms with Crippen LogP contribution in [0.5, 0.6) is 0 Å². The Morgan fingerprint density at radius 1 is 0.350 bits per heavy atom. The Hall–Kier alpha value is -0.820. The highest BCUT2D eigenvalue weighted by atomic mass is 16.2. The van der Waals surface area contributed by atoms with Crippen LogP contribution in [0.15, 0.2) is 0 Å². The van der Waals surface area contributed by atoms with Gasteiger partial charge < -0.3 is 0 Å². The highest BCUT2D eigenvalue weighted by Crippen LogP contribution is 2.45. The number of hydrogen-bond acceptors (Lipinski definition) is 6. The minimum atomic E-state index is -0.174. The van der Waals surface area contributed by atoms with Gasteiger partial charge in [-0.3, -0.25) is 29.2 Å². The second-order valence-electron chi connectivity index (χ2n) is 15.1. The van der Waals surface area contributed by atoms with E-state index < -0.39 is 0 Å². The molecule has 4 aliphatic carbocycles. The molecule has 4 heterocycles. The first kappa shape index (κ1) is 28.0. The molecule has 0 amide bonds. The Labute approximate surface area is 243 Å². The molecule has 4 bridgehead atoms. The standard InChI is InChI=1S/C34H56N4O2/c39-29-31-35(21-25-13-5-1-6-14-25)32-30(40)33(36(31)22-26-15-7-2-8-16-26)38(24-28-19-11-4-12-20-28)34(29)37(32)23-27-17-9-3-10-18-27/h25-28,31-34H,1-24H2. The number of ketones is 2. The van der Waals surface area contributed by atoms with Crippen molar-refractivity contribution < 1.29 is 9.59 Å². The minimum absolute atomic E-state index is 0.174. The smallest absolute Gasteiger partial charge is 0.196 e. The molecule has 4 saturated heterocycles. The first-order valence-electron chi connectivity index (χ1n) is 17.8. The number of carbonyl (C=O) groups is 2. The van der Waals surface area contributed by atoms with Crippen molar-refractivity contribution in [3.8, 4) is 0 Å². The van der Waals surface area contributed by atoms with Crippen molar-refractivity contribution in [2.45, 2.75) is 153 Å². The number of nitrogens with zero attached hydrogens (tertiary/aromatic N) is 4. The van der Waals surface area contributed by atoms with Gasteiger partial charge in [0, 0.05) is 26.2 Å². The zero-order valence-electron chi connectivity index (χ0n) is 25.2. The average Bonchev–Trinajstić information content (AvgIpc) is 2.98. The van der Waals surface area contributed by atoms with Crippen LogP contribution >= 0.6 is 0 Å². The van der Waals surface area contributed by atoms with Crippen LogP contribution in [0.1, 0.15) is 128 Å². The SMILES string of the molecule is O=C1C2N(CC3CCCCC3)C3C(=O)C(N2CC2CCCCC2)N(CC2CCCCC2)C1N3CC1CCCCC1. The van der Waals surface area contributed by atoms with Crippen LogP contribution in [0.25, 0.3) is 0 Å². The summed E-state index contributed by atoms with van der Waals surface area (Å²) >= 11 is 0. The number of carbonyl (C=O) groups excluding carboxylic acids is 2. The predicted octanol–water partition coefficient (Wildman–Crippen LogP) is 6.00. The van der Waals surface area contributed by atoms with Crippen LogP contribution in [0, 0.1) is 23.7 Å². The Bertz CT molecular complexity index is 730. The maximum Gasteiger partial charge on any atom is 0.196 e. The van der Waals surface area contributed by atoms with Gasteiger partial charge in [-0.2, -0.15) is 0 Å². The third-order valence-corrected chi connectivity index (χ3v) is 12.3. The lowest BCUT2D eigenvalue weighted by atomic mass is 9.81. The molecule has 4 saturated carbocycles. The summed E-state index contributed by atoms with van der Waals surface area (Å²) in [6, 6.07) is 0. The van der Waals surface area contributed by atoms with Crippen LogP contribution in [-0.4, -0.2) is 82.0 Å². The minimum Gasteiger partial charge on any atom is -0.293 e. The molecule has 4 aliphatic heterocycles. The summed E-state index contributed by atoms with van der Waals surface area (Å²) in [7, 11) is 0. The van der Waals surface area contributed by atoms with Gasteiger partial charge in [0.25, 0.3) is 0 Å². The molecule has 6 nitrogen and oxygen atoms in total. The van der Waals surface area contributed by atoms with Gasteiger partial charge >= 0.3 is 0 Å². The van der Waals surface area contributed by atoms with Gasteiger partial charge in [-0.1, -0.05) is 77.0 Å². The fraction of sp³-hybridized carbons (Fsp3) is 0.941. The lowest BCUT2D eigenvalue weighted by Crippen LogP contribution is -2.90. The molecule has 8 fully saturated rings. The van der Waals surface area contributed by atoms with E-state index in [9.17, 15) is 9.59 Å². The largest absolute Gasteiger partial charge is 0.293 e. The molecule has 6 heteroatoms. The third-order valence-electron chi connectivity index (χ3n) is 12.3. The van der Waals surface area contributed by atoms with Crippen LogP contribution in [0.4, 0.5) is 0 Å². The third kappa shape index (κ3) is 5.37. The van der Waals surface area contributed by atoms with Gasteiger partial charge in [0.2, 0.25) is 0 Å². The van der Waals surface area contributed by atoms with Crippen molar-refractivity contribution in [2.75, 3.05) is 26.2 Å². The van der Waals surface area contributed by atoms with Crippen molar-refractivity contribution in [3.63, 3.8) is 0 Å². The lowest BCUT2D eigenvalue weighted by molar-refractivity contribution is -0.252. The van der Waals surface area contributed by atoms with Crippen LogP contribution < -0.4 is 0 Å². The quantitative estimate of drug-likeness (QED) is 0.368. The Kier molecular flexibility index (Phi) is 8.69. The molecule has 0 aromatic rings. The summed E-state index contributed by atoms with van der Waals surface area (Å²) in [5.41, 5.74) is 0. The summed E-state index contributed by atoms with van der Waals surface area (Å²) in [4.78, 5) is 39.5. The Balaban J connectivity index is 1.22. The fourth-order valence-electron chi connectivity index (χ4n) is 10.3. The zero-order valence-corrected chi connectivity index (χ0v) is 25.2. The average molecular weight is 553 g/mol. The molecular formula is C34H56N4O2. The summed E-state index contributed by atoms with van der Waals surface area (Å²) in [5.74, 6) is 3.38. The maximum absolute atomic E-state index is 14.8. The molecule has 0 radical (unpaired) electrons. The van der Waals surface area contributed by atoms with E-state index in [1.807, 2.05) is 0 Å². The van der Waals surface area contributed by atoms with Crippen molar-refractivity contribution >= 4 is 11.6 Å². The van der Waals surface area contributed by atoms with Crippen molar-refractivity contribution in [1.29, 1.82) is 0 Å². The molecule has 0 spiro atoms. The molecule has 0 aromatic carbocycles. The van der Waals surface area contributed by atoms with E-state index in [-0.39, 0.29) is 24.7 Å². The second kappa shape index (κ2) is 12.4. The number of rotatable bonds is 8. The molecule has 0 atom stereocenters. The molecule has 224 valence electrons. The highest BCUT2D eigenvalue weighted by Gasteiger charge is 2.67. The van der Waals surface area contributed by atoms with Gasteiger partial charge in [-0.25, -0.2) is 0 Å². The monoisotopic (exact) mass is 552 g/mol. The molecule has 0 unspecified atom stereocenters. The van der Waals surface area contributed by atoms with Gasteiger partial charge in [0.1, 0.15) is 24.7 Å². The second-order valence-corrected chi connectivity index (χ2v) is 15.1. The molecule has 0 aromatic heterocycles. The number of hydrogen-bond donors (Lipinski definition) is 0. The number of Topliss-reactive ketones (excluding diaryl/α,β-unsaturated/α-hetero) is 2. The predicted molar refractivity (Wildman–Crippen MR) is 158 cm³/mol. The molecule has 8 aliphatic rings. The fourth-order valence-corrected chi connectivity index (χ4v) is 10.3. The van der Waals surface area contributed by atoms with Crippen molar-refractivity contribution in [3.05, 3.63) is 0 Å². The summed E-state index contributed by atoms with van der Waals surface area (Å²) in [6.07, 6.45) is 25.4. The van der Waals surface area contributed by atoms with E-state index in [4.69, 9.17) is 0 Å². The molecular weight excluding hydrogens is 496 g/mol. The summed E-state index contributed by atoms with van der Waals surface area (Å²) in [5, 5.41) is 0. The first-order valence-corrected chi connectivity index (χ1v) is 17.8. The van der Waals surface area contributed by atoms with Crippen molar-refractivity contribution in [1.82, 2.24) is 19.6 Å². The van der Waals surface area contributed by atoms with E-state index in [2.05, 4.69) is 19.6 Å². The van der Waals surface area contributed by atoms with E-state index >= 15 is 0 Å². The Morgan fingerprint density at radius 3 is 0.750 bits per heavy atom. The van der Waals surface area contributed by atoms with Crippen LogP contribution in [0.2, 0.25) is 0 Å².